The van der Waals surface area contributed by atoms with Gasteiger partial charge in [-0.3, -0.25) is 28.0 Å². The Balaban J connectivity index is 1.50. The lowest BCUT2D eigenvalue weighted by Gasteiger charge is -2.37. The van der Waals surface area contributed by atoms with E-state index >= 15 is 0 Å². The summed E-state index contributed by atoms with van der Waals surface area (Å²) in [6.45, 7) is 0.368. The zero-order valence-electron chi connectivity index (χ0n) is 21.6. The van der Waals surface area contributed by atoms with Crippen molar-refractivity contribution in [1.29, 1.82) is 0 Å². The molecule has 0 radical (unpaired) electrons. The number of aromatic nitrogens is 6. The number of nitrogens with two attached hydrogens (primary N) is 1. The Hall–Kier alpha value is -2.87. The molecule has 7 unspecified atom stereocenters. The first kappa shape index (κ1) is 30.6. The Morgan fingerprint density at radius 2 is 1.93 bits per heavy atom. The molecule has 2 fully saturated rings. The van der Waals surface area contributed by atoms with Crippen molar-refractivity contribution in [1.82, 2.24) is 29.1 Å². The van der Waals surface area contributed by atoms with Crippen molar-refractivity contribution < 1.29 is 52.3 Å². The fraction of sp³-hybridized carbons (Fsp3) is 0.550. The maximum Gasteiger partial charge on any atom is 0.469 e. The van der Waals surface area contributed by atoms with Crippen LogP contribution in [0.1, 0.15) is 37.3 Å². The van der Waals surface area contributed by atoms with Crippen LogP contribution in [0.4, 0.5) is 5.82 Å². The van der Waals surface area contributed by atoms with E-state index in [0.29, 0.717) is 5.65 Å². The van der Waals surface area contributed by atoms with E-state index in [4.69, 9.17) is 24.3 Å². The summed E-state index contributed by atoms with van der Waals surface area (Å²) in [7, 11) is -10.7. The van der Waals surface area contributed by atoms with E-state index in [0.717, 1.165) is 10.8 Å². The summed E-state index contributed by atoms with van der Waals surface area (Å²) in [6, 6.07) is 0. The second-order valence-electron chi connectivity index (χ2n) is 9.90. The number of hydrogen-bond acceptors (Lipinski definition) is 14. The molecular weight excluding hydrogens is 608 g/mol. The van der Waals surface area contributed by atoms with Crippen LogP contribution in [-0.2, 0) is 27.7 Å². The third-order valence-electron chi connectivity index (χ3n) is 7.02. The van der Waals surface area contributed by atoms with Gasteiger partial charge in [0, 0.05) is 31.0 Å². The lowest BCUT2D eigenvalue weighted by atomic mass is 9.89. The van der Waals surface area contributed by atoms with Crippen molar-refractivity contribution in [3.63, 3.8) is 0 Å². The van der Waals surface area contributed by atoms with Crippen LogP contribution in [0.2, 0.25) is 0 Å². The van der Waals surface area contributed by atoms with Gasteiger partial charge in [-0.2, -0.15) is 0 Å². The lowest BCUT2D eigenvalue weighted by Crippen LogP contribution is -2.49. The molecule has 2 aliphatic heterocycles. The van der Waals surface area contributed by atoms with Gasteiger partial charge in [0.25, 0.3) is 13.4 Å². The second-order valence-corrected chi connectivity index (χ2v) is 12.3. The van der Waals surface area contributed by atoms with Gasteiger partial charge in [-0.15, -0.1) is 0 Å². The molecule has 0 bridgehead atoms. The number of nitrogen functional groups attached to an aromatic ring is 1. The van der Waals surface area contributed by atoms with Gasteiger partial charge >= 0.3 is 13.5 Å². The number of phosphoric acid groups is 2. The molecule has 2 aliphatic rings. The standard InChI is InChI=1S/C20H27N7O13P2/c1-9-5-26(19(30)25-18(9)29)14-3-12(40-42(34,35)36)20(39-14,6-37-41(31,32)33)4-11-10(28)2-13(38-11)27-8-24-15-16(21)22-7-23-17(15)27/h5,7-8,10-14,28H,2-4,6H2,1H3,(H2,21,22,23)(H,25,29,30)(H2,31,32,33)(H2,34,35,36)/p-1. The molecule has 0 spiro atoms. The van der Waals surface area contributed by atoms with Crippen molar-refractivity contribution in [2.45, 2.75) is 62.6 Å². The number of aliphatic hydroxyl groups is 1. The molecule has 42 heavy (non-hydrogen) atoms. The first-order valence-corrected chi connectivity index (χ1v) is 15.3. The van der Waals surface area contributed by atoms with Gasteiger partial charge in [-0.05, 0) is 6.92 Å². The van der Waals surface area contributed by atoms with E-state index in [9.17, 15) is 43.4 Å². The van der Waals surface area contributed by atoms with Crippen LogP contribution in [0.25, 0.3) is 11.2 Å². The van der Waals surface area contributed by atoms with Gasteiger partial charge < -0.3 is 44.4 Å². The fourth-order valence-electron chi connectivity index (χ4n) is 5.11. The molecule has 0 aliphatic carbocycles. The summed E-state index contributed by atoms with van der Waals surface area (Å²) >= 11 is 0. The van der Waals surface area contributed by atoms with E-state index in [1.54, 1.807) is 0 Å². The highest BCUT2D eigenvalue weighted by atomic mass is 31.2. The highest BCUT2D eigenvalue weighted by Crippen LogP contribution is 2.51. The molecule has 3 aromatic rings. The minimum Gasteiger partial charge on any atom is -0.756 e. The van der Waals surface area contributed by atoms with Crippen LogP contribution in [0.5, 0.6) is 0 Å². The molecule has 0 saturated carbocycles. The van der Waals surface area contributed by atoms with E-state index in [-0.39, 0.29) is 23.3 Å². The number of phosphoric ester groups is 2. The van der Waals surface area contributed by atoms with Crippen LogP contribution in [0.3, 0.4) is 0 Å². The molecule has 22 heteroatoms. The number of nitrogens with zero attached hydrogens (tertiary/aromatic N) is 5. The number of hydrogen-bond donors (Lipinski definition) is 6. The number of nitrogens with one attached hydrogen (secondary N) is 1. The highest BCUT2D eigenvalue weighted by Gasteiger charge is 2.55. The number of H-pyrrole nitrogens is 1. The summed E-state index contributed by atoms with van der Waals surface area (Å²) in [6.07, 6.45) is -3.74. The zero-order valence-corrected chi connectivity index (χ0v) is 23.4. The minimum absolute atomic E-state index is 0.0387. The Morgan fingerprint density at radius 1 is 1.19 bits per heavy atom. The molecule has 7 N–H and O–H groups in total. The number of fused-ring (bicyclic) bond motifs is 1. The van der Waals surface area contributed by atoms with Gasteiger partial charge in [0.2, 0.25) is 0 Å². The third-order valence-corrected chi connectivity index (χ3v) is 8.00. The normalized spacial score (nSPS) is 29.7. The average molecular weight is 634 g/mol. The first-order valence-electron chi connectivity index (χ1n) is 12.2. The molecule has 5 rings (SSSR count). The van der Waals surface area contributed by atoms with Crippen LogP contribution >= 0.6 is 15.6 Å². The minimum atomic E-state index is -5.52. The van der Waals surface area contributed by atoms with Crippen molar-refractivity contribution in [2.75, 3.05) is 12.3 Å². The summed E-state index contributed by atoms with van der Waals surface area (Å²) in [5.74, 6) is 0.103. The number of aromatic amines is 1. The molecule has 7 atom stereocenters. The average Bonchev–Trinajstić information content (AvgIpc) is 3.56. The number of ether oxygens (including phenoxy) is 2. The number of anilines is 1. The van der Waals surface area contributed by atoms with Crippen molar-refractivity contribution in [3.05, 3.63) is 45.3 Å². The van der Waals surface area contributed by atoms with E-state index in [1.165, 1.54) is 24.1 Å². The fourth-order valence-corrected chi connectivity index (χ4v) is 6.10. The molecular formula is C20H26N7O13P2-. The monoisotopic (exact) mass is 634 g/mol. The molecule has 230 valence electrons. The summed E-state index contributed by atoms with van der Waals surface area (Å²) in [5.41, 5.74) is 2.72. The van der Waals surface area contributed by atoms with Crippen molar-refractivity contribution in [2.24, 2.45) is 0 Å². The number of aryl methyl sites for hydroxylation is 1. The Morgan fingerprint density at radius 3 is 2.62 bits per heavy atom. The smallest absolute Gasteiger partial charge is 0.469 e. The number of imidazole rings is 1. The van der Waals surface area contributed by atoms with E-state index in [2.05, 4.69) is 19.9 Å². The maximum absolute atomic E-state index is 12.6. The number of rotatable bonds is 9. The highest BCUT2D eigenvalue weighted by molar-refractivity contribution is 7.46. The summed E-state index contributed by atoms with van der Waals surface area (Å²) in [5, 5.41) is 10.9. The molecule has 0 amide bonds. The van der Waals surface area contributed by atoms with Crippen LogP contribution in [0.15, 0.2) is 28.4 Å². The molecule has 5 heterocycles. The van der Waals surface area contributed by atoms with Crippen molar-refractivity contribution in [3.8, 4) is 0 Å². The Bertz CT molecular complexity index is 1700. The van der Waals surface area contributed by atoms with Crippen LogP contribution in [-0.4, -0.2) is 79.4 Å². The van der Waals surface area contributed by atoms with E-state index in [1.807, 2.05) is 0 Å². The zero-order chi connectivity index (χ0) is 30.6. The maximum atomic E-state index is 12.6. The van der Waals surface area contributed by atoms with Gasteiger partial charge in [-0.25, -0.2) is 24.3 Å². The first-order chi connectivity index (χ1) is 19.6. The Labute approximate surface area is 234 Å². The SMILES string of the molecule is Cc1cn(C2CC(OP(=O)([O-])O)C(COP(=O)(O)O)(CC3OC(n4cnc5c(N)ncnc54)CC3O)O2)c(=O)[nH]c1=O. The number of aliphatic hydroxyl groups excluding tert-OH is 1. The van der Waals surface area contributed by atoms with E-state index < -0.39 is 82.7 Å². The van der Waals surface area contributed by atoms with Gasteiger partial charge in [0.15, 0.2) is 11.5 Å². The van der Waals surface area contributed by atoms with Gasteiger partial charge in [0.05, 0.1) is 25.1 Å². The predicted molar refractivity (Wildman–Crippen MR) is 135 cm³/mol. The third kappa shape index (κ3) is 6.24. The van der Waals surface area contributed by atoms with Gasteiger partial charge in [0.1, 0.15) is 36.0 Å². The lowest BCUT2D eigenvalue weighted by molar-refractivity contribution is -0.232. The second kappa shape index (κ2) is 11.0. The topological polar surface area (TPSA) is 300 Å². The summed E-state index contributed by atoms with van der Waals surface area (Å²) in [4.78, 5) is 78.9. The molecule has 20 nitrogen and oxygen atoms in total. The molecule has 0 aromatic carbocycles. The van der Waals surface area contributed by atoms with Gasteiger partial charge in [-0.1, -0.05) is 0 Å². The molecule has 2 saturated heterocycles. The van der Waals surface area contributed by atoms with Crippen molar-refractivity contribution >= 4 is 32.6 Å². The molecule has 3 aromatic heterocycles. The summed E-state index contributed by atoms with van der Waals surface area (Å²) < 4.78 is 47.5. The largest absolute Gasteiger partial charge is 0.756 e. The van der Waals surface area contributed by atoms with Crippen LogP contribution < -0.4 is 21.9 Å². The quantitative estimate of drug-likeness (QED) is 0.138. The Kier molecular flexibility index (Phi) is 8.01. The van der Waals surface area contributed by atoms with Crippen LogP contribution in [0, 0.1) is 6.92 Å². The predicted octanol–water partition coefficient (Wildman–Crippen LogP) is -2.08.